The molecule has 0 radical (unpaired) electrons. The van der Waals surface area contributed by atoms with Crippen LogP contribution >= 0.6 is 0 Å². The average Bonchev–Trinajstić information content (AvgIpc) is 2.80. The Bertz CT molecular complexity index is 442. The number of aromatic nitrogens is 2. The van der Waals surface area contributed by atoms with Crippen molar-refractivity contribution in [3.8, 4) is 0 Å². The van der Waals surface area contributed by atoms with E-state index in [1.807, 2.05) is 32.7 Å². The van der Waals surface area contributed by atoms with E-state index in [0.717, 1.165) is 0 Å². The standard InChI is InChI=1S/C11H19N5O2/c1-7(12-4)8-14-15-10(18-8)16-6-5-13-9(17)11(16,2)3/h7,12H,5-6H2,1-4H3,(H,13,17). The van der Waals surface area contributed by atoms with Crippen LogP contribution in [-0.4, -0.2) is 41.8 Å². The summed E-state index contributed by atoms with van der Waals surface area (Å²) in [5, 5.41) is 13.9. The van der Waals surface area contributed by atoms with E-state index in [0.29, 0.717) is 25.0 Å². The maximum atomic E-state index is 11.8. The first-order chi connectivity index (χ1) is 8.46. The molecule has 2 rings (SSSR count). The first-order valence-corrected chi connectivity index (χ1v) is 6.03. The predicted octanol–water partition coefficient (Wildman–Crippen LogP) is 0.0648. The lowest BCUT2D eigenvalue weighted by Gasteiger charge is -2.39. The smallest absolute Gasteiger partial charge is 0.319 e. The van der Waals surface area contributed by atoms with E-state index in [-0.39, 0.29) is 11.9 Å². The molecule has 1 atom stereocenters. The van der Waals surface area contributed by atoms with Crippen molar-refractivity contribution in [1.82, 2.24) is 20.8 Å². The van der Waals surface area contributed by atoms with E-state index in [1.54, 1.807) is 0 Å². The molecule has 1 aromatic heterocycles. The van der Waals surface area contributed by atoms with Crippen LogP contribution in [0, 0.1) is 0 Å². The molecule has 0 spiro atoms. The predicted molar refractivity (Wildman–Crippen MR) is 66.2 cm³/mol. The van der Waals surface area contributed by atoms with Gasteiger partial charge in [0.05, 0.1) is 6.04 Å². The molecule has 7 nitrogen and oxygen atoms in total. The molecule has 1 saturated heterocycles. The third-order valence-corrected chi connectivity index (χ3v) is 3.32. The second-order valence-electron chi connectivity index (χ2n) is 4.90. The van der Waals surface area contributed by atoms with Gasteiger partial charge in [-0.1, -0.05) is 5.10 Å². The highest BCUT2D eigenvalue weighted by molar-refractivity contribution is 5.89. The van der Waals surface area contributed by atoms with Crippen LogP contribution in [0.25, 0.3) is 0 Å². The van der Waals surface area contributed by atoms with Crippen molar-refractivity contribution < 1.29 is 9.21 Å². The number of nitrogens with zero attached hydrogens (tertiary/aromatic N) is 3. The Kier molecular flexibility index (Phi) is 3.25. The van der Waals surface area contributed by atoms with Crippen molar-refractivity contribution >= 4 is 11.9 Å². The molecular weight excluding hydrogens is 234 g/mol. The van der Waals surface area contributed by atoms with Gasteiger partial charge in [0.1, 0.15) is 5.54 Å². The molecule has 0 aliphatic carbocycles. The first-order valence-electron chi connectivity index (χ1n) is 6.03. The summed E-state index contributed by atoms with van der Waals surface area (Å²) in [6, 6.07) is 0.389. The van der Waals surface area contributed by atoms with Gasteiger partial charge >= 0.3 is 6.01 Å². The minimum Gasteiger partial charge on any atom is -0.406 e. The number of nitrogens with one attached hydrogen (secondary N) is 2. The number of amides is 1. The van der Waals surface area contributed by atoms with Crippen LogP contribution in [0.3, 0.4) is 0 Å². The van der Waals surface area contributed by atoms with E-state index in [9.17, 15) is 4.79 Å². The average molecular weight is 253 g/mol. The number of carbonyl (C=O) groups excluding carboxylic acids is 1. The third kappa shape index (κ3) is 2.05. The van der Waals surface area contributed by atoms with Crippen LogP contribution in [0.4, 0.5) is 6.01 Å². The van der Waals surface area contributed by atoms with Crippen molar-refractivity contribution in [1.29, 1.82) is 0 Å². The van der Waals surface area contributed by atoms with Crippen LogP contribution in [0.5, 0.6) is 0 Å². The normalized spacial score (nSPS) is 20.7. The van der Waals surface area contributed by atoms with Gasteiger partial charge < -0.3 is 20.0 Å². The molecule has 7 heteroatoms. The van der Waals surface area contributed by atoms with Gasteiger partial charge in [-0.3, -0.25) is 4.79 Å². The minimum absolute atomic E-state index is 0.00650. The summed E-state index contributed by atoms with van der Waals surface area (Å²) in [4.78, 5) is 13.7. The SMILES string of the molecule is CNC(C)c1nnc(N2CCNC(=O)C2(C)C)o1. The summed E-state index contributed by atoms with van der Waals surface area (Å²) < 4.78 is 5.62. The minimum atomic E-state index is -0.676. The number of anilines is 1. The van der Waals surface area contributed by atoms with Gasteiger partial charge in [-0.2, -0.15) is 0 Å². The van der Waals surface area contributed by atoms with Crippen molar-refractivity contribution in [2.45, 2.75) is 32.4 Å². The zero-order chi connectivity index (χ0) is 13.3. The highest BCUT2D eigenvalue weighted by Gasteiger charge is 2.40. The fourth-order valence-corrected chi connectivity index (χ4v) is 1.87. The molecule has 1 unspecified atom stereocenters. The monoisotopic (exact) mass is 253 g/mol. The quantitative estimate of drug-likeness (QED) is 0.793. The molecular formula is C11H19N5O2. The van der Waals surface area contributed by atoms with Gasteiger partial charge in [-0.25, -0.2) is 0 Å². The molecule has 1 fully saturated rings. The van der Waals surface area contributed by atoms with Crippen LogP contribution in [0.15, 0.2) is 4.42 Å². The number of hydrogen-bond acceptors (Lipinski definition) is 6. The fraction of sp³-hybridized carbons (Fsp3) is 0.727. The van der Waals surface area contributed by atoms with E-state index in [2.05, 4.69) is 20.8 Å². The van der Waals surface area contributed by atoms with Crippen molar-refractivity contribution in [3.63, 3.8) is 0 Å². The highest BCUT2D eigenvalue weighted by Crippen LogP contribution is 2.26. The summed E-state index contributed by atoms with van der Waals surface area (Å²) in [6.07, 6.45) is 0. The van der Waals surface area contributed by atoms with Gasteiger partial charge in [0, 0.05) is 13.1 Å². The summed E-state index contributed by atoms with van der Waals surface area (Å²) in [7, 11) is 1.83. The van der Waals surface area contributed by atoms with E-state index >= 15 is 0 Å². The second kappa shape index (κ2) is 4.56. The third-order valence-electron chi connectivity index (χ3n) is 3.32. The Balaban J connectivity index is 2.25. The summed E-state index contributed by atoms with van der Waals surface area (Å²) in [6.45, 7) is 6.86. The Morgan fingerprint density at radius 3 is 2.89 bits per heavy atom. The number of rotatable bonds is 3. The Hall–Kier alpha value is -1.63. The molecule has 1 aromatic rings. The molecule has 0 bridgehead atoms. The summed E-state index contributed by atoms with van der Waals surface area (Å²) >= 11 is 0. The van der Waals surface area contributed by atoms with Gasteiger partial charge in [0.2, 0.25) is 11.8 Å². The van der Waals surface area contributed by atoms with Crippen LogP contribution in [0.2, 0.25) is 0 Å². The second-order valence-corrected chi connectivity index (χ2v) is 4.90. The van der Waals surface area contributed by atoms with Gasteiger partial charge in [-0.05, 0) is 27.8 Å². The molecule has 2 heterocycles. The Morgan fingerprint density at radius 1 is 1.50 bits per heavy atom. The molecule has 1 aliphatic heterocycles. The lowest BCUT2D eigenvalue weighted by molar-refractivity contribution is -0.126. The lowest BCUT2D eigenvalue weighted by Crippen LogP contribution is -2.62. The first kappa shape index (κ1) is 12.8. The maximum absolute atomic E-state index is 11.8. The number of hydrogen-bond donors (Lipinski definition) is 2. The molecule has 100 valence electrons. The van der Waals surface area contributed by atoms with Crippen LogP contribution < -0.4 is 15.5 Å². The molecule has 18 heavy (non-hydrogen) atoms. The number of carbonyl (C=O) groups is 1. The van der Waals surface area contributed by atoms with Crippen molar-refractivity contribution in [3.05, 3.63) is 5.89 Å². The molecule has 0 aromatic carbocycles. The van der Waals surface area contributed by atoms with Crippen molar-refractivity contribution in [2.75, 3.05) is 25.0 Å². The molecule has 1 aliphatic rings. The maximum Gasteiger partial charge on any atom is 0.319 e. The lowest BCUT2D eigenvalue weighted by atomic mass is 10.00. The van der Waals surface area contributed by atoms with Gasteiger partial charge in [0.25, 0.3) is 0 Å². The van der Waals surface area contributed by atoms with Crippen LogP contribution in [0.1, 0.15) is 32.7 Å². The molecule has 2 N–H and O–H groups in total. The van der Waals surface area contributed by atoms with Gasteiger partial charge in [0.15, 0.2) is 0 Å². The number of piperazine rings is 1. The fourth-order valence-electron chi connectivity index (χ4n) is 1.87. The summed E-state index contributed by atoms with van der Waals surface area (Å²) in [5.74, 6) is 0.490. The van der Waals surface area contributed by atoms with Crippen molar-refractivity contribution in [2.24, 2.45) is 0 Å². The highest BCUT2D eigenvalue weighted by atomic mass is 16.4. The molecule has 1 amide bonds. The molecule has 0 saturated carbocycles. The zero-order valence-corrected chi connectivity index (χ0v) is 11.1. The Morgan fingerprint density at radius 2 is 2.22 bits per heavy atom. The van der Waals surface area contributed by atoms with Crippen LogP contribution in [-0.2, 0) is 4.79 Å². The van der Waals surface area contributed by atoms with E-state index in [1.165, 1.54) is 0 Å². The largest absolute Gasteiger partial charge is 0.406 e. The van der Waals surface area contributed by atoms with Gasteiger partial charge in [-0.15, -0.1) is 5.10 Å². The zero-order valence-electron chi connectivity index (χ0n) is 11.1. The topological polar surface area (TPSA) is 83.3 Å². The Labute approximate surface area is 106 Å². The van der Waals surface area contributed by atoms with E-state index < -0.39 is 5.54 Å². The van der Waals surface area contributed by atoms with E-state index in [4.69, 9.17) is 4.42 Å². The summed E-state index contributed by atoms with van der Waals surface area (Å²) in [5.41, 5.74) is -0.676.